The van der Waals surface area contributed by atoms with Crippen LogP contribution in [-0.4, -0.2) is 23.0 Å². The van der Waals surface area contributed by atoms with Crippen molar-refractivity contribution in [2.24, 2.45) is 0 Å². The minimum atomic E-state index is 0.386. The van der Waals surface area contributed by atoms with Gasteiger partial charge in [-0.2, -0.15) is 5.10 Å². The maximum Gasteiger partial charge on any atom is 0.163 e. The van der Waals surface area contributed by atoms with Crippen molar-refractivity contribution < 1.29 is 9.47 Å². The van der Waals surface area contributed by atoms with Gasteiger partial charge in [0.2, 0.25) is 0 Å². The van der Waals surface area contributed by atoms with Crippen molar-refractivity contribution in [1.82, 2.24) is 9.78 Å². The number of aromatic nitrogens is 2. The smallest absolute Gasteiger partial charge is 0.163 e. The molecule has 0 saturated carbocycles. The quantitative estimate of drug-likeness (QED) is 0.938. The third-order valence-corrected chi connectivity index (χ3v) is 3.41. The number of fused-ring (bicyclic) bond motifs is 1. The maximum absolute atomic E-state index is 5.69. The summed E-state index contributed by atoms with van der Waals surface area (Å²) in [5.41, 5.74) is 2.04. The summed E-state index contributed by atoms with van der Waals surface area (Å²) in [5.74, 6) is 1.63. The lowest BCUT2D eigenvalue weighted by Crippen LogP contribution is -2.05. The van der Waals surface area contributed by atoms with Crippen LogP contribution < -0.4 is 14.8 Å². The predicted octanol–water partition coefficient (Wildman–Crippen LogP) is 3.24. The van der Waals surface area contributed by atoms with Crippen LogP contribution in [0.5, 0.6) is 11.5 Å². The second-order valence-electron chi connectivity index (χ2n) is 5.45. The molecular weight excluding hydrogens is 266 g/mol. The summed E-state index contributed by atoms with van der Waals surface area (Å²) in [6.45, 7) is 6.35. The van der Waals surface area contributed by atoms with Crippen LogP contribution in [0.15, 0.2) is 30.5 Å². The summed E-state index contributed by atoms with van der Waals surface area (Å²) in [6.07, 6.45) is 2.93. The Hall–Kier alpha value is -2.17. The highest BCUT2D eigenvalue weighted by atomic mass is 16.5. The number of rotatable bonds is 4. The van der Waals surface area contributed by atoms with Crippen LogP contribution in [0.4, 0.5) is 5.69 Å². The van der Waals surface area contributed by atoms with Gasteiger partial charge in [-0.3, -0.25) is 4.68 Å². The highest BCUT2D eigenvalue weighted by Crippen LogP contribution is 2.32. The van der Waals surface area contributed by atoms with Crippen LogP contribution in [0, 0.1) is 0 Å². The minimum Gasteiger partial charge on any atom is -0.490 e. The highest BCUT2D eigenvalue weighted by Gasteiger charge is 2.10. The molecule has 0 bridgehead atoms. The van der Waals surface area contributed by atoms with Gasteiger partial charge in [0.05, 0.1) is 25.5 Å². The van der Waals surface area contributed by atoms with Crippen LogP contribution in [0.25, 0.3) is 0 Å². The van der Waals surface area contributed by atoms with Crippen molar-refractivity contribution in [2.45, 2.75) is 32.9 Å². The average molecular weight is 287 g/mol. The molecule has 0 fully saturated rings. The van der Waals surface area contributed by atoms with Gasteiger partial charge >= 0.3 is 0 Å². The summed E-state index contributed by atoms with van der Waals surface area (Å²) in [4.78, 5) is 0. The second kappa shape index (κ2) is 6.08. The van der Waals surface area contributed by atoms with E-state index < -0.39 is 0 Å². The first-order chi connectivity index (χ1) is 10.2. The van der Waals surface area contributed by atoms with Crippen molar-refractivity contribution in [3.8, 4) is 11.5 Å². The monoisotopic (exact) mass is 287 g/mol. The van der Waals surface area contributed by atoms with Crippen LogP contribution in [0.2, 0.25) is 0 Å². The summed E-state index contributed by atoms with van der Waals surface area (Å²) in [6, 6.07) is 8.37. The Kier molecular flexibility index (Phi) is 3.99. The molecule has 3 rings (SSSR count). The van der Waals surface area contributed by atoms with Crippen LogP contribution in [-0.2, 0) is 6.54 Å². The minimum absolute atomic E-state index is 0.386. The van der Waals surface area contributed by atoms with Gasteiger partial charge < -0.3 is 14.8 Å². The summed E-state index contributed by atoms with van der Waals surface area (Å²) in [5, 5.41) is 7.90. The van der Waals surface area contributed by atoms with Gasteiger partial charge in [-0.1, -0.05) is 0 Å². The van der Waals surface area contributed by atoms with Gasteiger partial charge in [-0.05, 0) is 32.0 Å². The van der Waals surface area contributed by atoms with Gasteiger partial charge in [0.1, 0.15) is 0 Å². The van der Waals surface area contributed by atoms with Crippen LogP contribution >= 0.6 is 0 Å². The molecule has 5 heteroatoms. The Bertz CT molecular complexity index is 607. The van der Waals surface area contributed by atoms with Gasteiger partial charge in [0.15, 0.2) is 11.5 Å². The highest BCUT2D eigenvalue weighted by molar-refractivity contribution is 5.55. The molecule has 0 saturated heterocycles. The fourth-order valence-electron chi connectivity index (χ4n) is 2.23. The number of anilines is 1. The summed E-state index contributed by atoms with van der Waals surface area (Å²) >= 11 is 0. The molecule has 2 aromatic rings. The van der Waals surface area contributed by atoms with E-state index in [2.05, 4.69) is 24.3 Å². The average Bonchev–Trinajstić information content (AvgIpc) is 2.84. The Morgan fingerprint density at radius 1 is 1.19 bits per heavy atom. The zero-order valence-electron chi connectivity index (χ0n) is 12.5. The van der Waals surface area contributed by atoms with E-state index in [0.29, 0.717) is 25.8 Å². The van der Waals surface area contributed by atoms with E-state index in [0.717, 1.165) is 29.3 Å². The van der Waals surface area contributed by atoms with E-state index >= 15 is 0 Å². The fraction of sp³-hybridized carbons (Fsp3) is 0.438. The van der Waals surface area contributed by atoms with E-state index in [-0.39, 0.29) is 0 Å². The first-order valence-electron chi connectivity index (χ1n) is 7.40. The Balaban J connectivity index is 1.66. The van der Waals surface area contributed by atoms with Crippen molar-refractivity contribution in [1.29, 1.82) is 0 Å². The molecule has 0 amide bonds. The number of nitrogens with one attached hydrogen (secondary N) is 1. The van der Waals surface area contributed by atoms with Gasteiger partial charge in [0.25, 0.3) is 0 Å². The van der Waals surface area contributed by atoms with E-state index in [1.807, 2.05) is 35.1 Å². The summed E-state index contributed by atoms with van der Waals surface area (Å²) in [7, 11) is 0. The van der Waals surface area contributed by atoms with Crippen LogP contribution in [0.1, 0.15) is 32.0 Å². The van der Waals surface area contributed by atoms with E-state index in [4.69, 9.17) is 9.47 Å². The van der Waals surface area contributed by atoms with Crippen molar-refractivity contribution in [3.05, 3.63) is 36.2 Å². The van der Waals surface area contributed by atoms with Crippen molar-refractivity contribution in [2.75, 3.05) is 18.5 Å². The molecule has 1 aromatic heterocycles. The zero-order chi connectivity index (χ0) is 14.7. The number of hydrogen-bond donors (Lipinski definition) is 1. The predicted molar refractivity (Wildman–Crippen MR) is 82.0 cm³/mol. The van der Waals surface area contributed by atoms with E-state index in [1.165, 1.54) is 0 Å². The first-order valence-corrected chi connectivity index (χ1v) is 7.40. The molecule has 2 heterocycles. The van der Waals surface area contributed by atoms with Crippen molar-refractivity contribution in [3.63, 3.8) is 0 Å². The molecule has 0 atom stereocenters. The molecule has 1 aromatic carbocycles. The van der Waals surface area contributed by atoms with Gasteiger partial charge in [-0.25, -0.2) is 0 Å². The molecule has 0 spiro atoms. The molecule has 5 nitrogen and oxygen atoms in total. The first kappa shape index (κ1) is 13.8. The molecule has 1 aliphatic heterocycles. The number of benzene rings is 1. The van der Waals surface area contributed by atoms with E-state index in [1.54, 1.807) is 0 Å². The third kappa shape index (κ3) is 3.29. The van der Waals surface area contributed by atoms with E-state index in [9.17, 15) is 0 Å². The normalized spacial score (nSPS) is 14.0. The second-order valence-corrected chi connectivity index (χ2v) is 5.45. The Morgan fingerprint density at radius 2 is 2.00 bits per heavy atom. The standard InChI is InChI=1S/C16H21N3O2/c1-12(2)19-7-6-14(18-19)11-17-13-4-5-15-16(10-13)21-9-3-8-20-15/h4-7,10,12,17H,3,8-9,11H2,1-2H3. The number of hydrogen-bond acceptors (Lipinski definition) is 4. The molecule has 0 unspecified atom stereocenters. The molecule has 1 N–H and O–H groups in total. The SMILES string of the molecule is CC(C)n1ccc(CNc2ccc3c(c2)OCCCO3)n1. The number of nitrogens with zero attached hydrogens (tertiary/aromatic N) is 2. The molecule has 21 heavy (non-hydrogen) atoms. The molecule has 0 radical (unpaired) electrons. The van der Waals surface area contributed by atoms with Gasteiger partial charge in [-0.15, -0.1) is 0 Å². The molecule has 0 aliphatic carbocycles. The molecule has 1 aliphatic rings. The number of ether oxygens (including phenoxy) is 2. The maximum atomic E-state index is 5.69. The Morgan fingerprint density at radius 3 is 2.76 bits per heavy atom. The lowest BCUT2D eigenvalue weighted by atomic mass is 10.2. The lowest BCUT2D eigenvalue weighted by Gasteiger charge is -2.10. The van der Waals surface area contributed by atoms with Crippen LogP contribution in [0.3, 0.4) is 0 Å². The largest absolute Gasteiger partial charge is 0.490 e. The lowest BCUT2D eigenvalue weighted by molar-refractivity contribution is 0.297. The van der Waals surface area contributed by atoms with Gasteiger partial charge in [0, 0.05) is 30.4 Å². The fourth-order valence-corrected chi connectivity index (χ4v) is 2.23. The Labute approximate surface area is 124 Å². The summed E-state index contributed by atoms with van der Waals surface area (Å²) < 4.78 is 13.3. The van der Waals surface area contributed by atoms with Crippen molar-refractivity contribution >= 4 is 5.69 Å². The topological polar surface area (TPSA) is 48.3 Å². The zero-order valence-corrected chi connectivity index (χ0v) is 12.5. The molecule has 112 valence electrons. The third-order valence-electron chi connectivity index (χ3n) is 3.41. The molecular formula is C16H21N3O2.